The Morgan fingerprint density at radius 1 is 1.38 bits per heavy atom. The molecule has 0 aliphatic heterocycles. The van der Waals surface area contributed by atoms with Crippen LogP contribution in [0.4, 0.5) is 0 Å². The van der Waals surface area contributed by atoms with Crippen LogP contribution in [0.1, 0.15) is 39.4 Å². The van der Waals surface area contributed by atoms with Gasteiger partial charge in [0.05, 0.1) is 6.54 Å². The summed E-state index contributed by atoms with van der Waals surface area (Å²) < 4.78 is 32.3. The van der Waals surface area contributed by atoms with E-state index in [4.69, 9.17) is 10.8 Å². The Morgan fingerprint density at radius 3 is 2.67 bits per heavy atom. The molecule has 1 heterocycles. The van der Waals surface area contributed by atoms with Gasteiger partial charge in [0.1, 0.15) is 5.76 Å². The minimum absolute atomic E-state index is 0.0701. The van der Waals surface area contributed by atoms with Gasteiger partial charge in [0.2, 0.25) is 5.09 Å². The first kappa shape index (κ1) is 17.8. The van der Waals surface area contributed by atoms with Crippen molar-refractivity contribution in [2.45, 2.75) is 51.3 Å². The average molecular weight is 312 g/mol. The van der Waals surface area contributed by atoms with Gasteiger partial charge >= 0.3 is 0 Å². The van der Waals surface area contributed by atoms with Crippen LogP contribution in [-0.2, 0) is 16.6 Å². The molecule has 21 heavy (non-hydrogen) atoms. The lowest BCUT2D eigenvalue weighted by Gasteiger charge is -2.12. The number of hydrogen-bond donors (Lipinski definition) is 2. The third-order valence-corrected chi connectivity index (χ3v) is 4.33. The van der Waals surface area contributed by atoms with Crippen LogP contribution in [0.2, 0.25) is 0 Å². The molecule has 0 spiro atoms. The summed E-state index contributed by atoms with van der Waals surface area (Å²) in [7, 11) is -3.65. The zero-order chi connectivity index (χ0) is 15.9. The van der Waals surface area contributed by atoms with Crippen molar-refractivity contribution < 1.29 is 12.8 Å². The highest BCUT2D eigenvalue weighted by atomic mass is 32.2. The fourth-order valence-electron chi connectivity index (χ4n) is 1.77. The number of rotatable bonds is 9. The van der Waals surface area contributed by atoms with E-state index >= 15 is 0 Å². The van der Waals surface area contributed by atoms with Gasteiger partial charge in [-0.25, -0.2) is 13.1 Å². The van der Waals surface area contributed by atoms with Crippen LogP contribution in [0.3, 0.4) is 0 Å². The van der Waals surface area contributed by atoms with Crippen LogP contribution in [0.15, 0.2) is 21.6 Å². The van der Waals surface area contributed by atoms with Crippen LogP contribution in [0.25, 0.3) is 0 Å². The number of hydrogen-bond acceptors (Lipinski definition) is 4. The van der Waals surface area contributed by atoms with Crippen molar-refractivity contribution in [3.8, 4) is 12.3 Å². The number of nitrogens with one attached hydrogen (secondary N) is 2. The fourth-order valence-corrected chi connectivity index (χ4v) is 3.04. The minimum Gasteiger partial charge on any atom is -0.447 e. The van der Waals surface area contributed by atoms with Crippen molar-refractivity contribution in [1.82, 2.24) is 10.0 Å². The van der Waals surface area contributed by atoms with Crippen LogP contribution < -0.4 is 10.0 Å². The summed E-state index contributed by atoms with van der Waals surface area (Å²) in [5.74, 6) is 3.59. The van der Waals surface area contributed by atoms with Crippen molar-refractivity contribution in [1.29, 1.82) is 0 Å². The smallest absolute Gasteiger partial charge is 0.274 e. The van der Waals surface area contributed by atoms with E-state index in [9.17, 15) is 8.42 Å². The molecular formula is C15H24N2O3S. The molecule has 0 bridgehead atoms. The summed E-state index contributed by atoms with van der Waals surface area (Å²) in [6, 6.07) is 2.87. The van der Waals surface area contributed by atoms with Crippen molar-refractivity contribution >= 4 is 10.0 Å². The first-order valence-electron chi connectivity index (χ1n) is 7.14. The van der Waals surface area contributed by atoms with E-state index in [0.717, 1.165) is 6.54 Å². The summed E-state index contributed by atoms with van der Waals surface area (Å²) >= 11 is 0. The van der Waals surface area contributed by atoms with Gasteiger partial charge in [-0.15, -0.1) is 12.3 Å². The largest absolute Gasteiger partial charge is 0.447 e. The first-order chi connectivity index (χ1) is 9.89. The molecule has 1 aromatic heterocycles. The highest BCUT2D eigenvalue weighted by molar-refractivity contribution is 7.89. The maximum atomic E-state index is 12.2. The molecular weight excluding hydrogens is 288 g/mol. The second-order valence-corrected chi connectivity index (χ2v) is 7.03. The van der Waals surface area contributed by atoms with Gasteiger partial charge < -0.3 is 9.73 Å². The predicted molar refractivity (Wildman–Crippen MR) is 83.1 cm³/mol. The van der Waals surface area contributed by atoms with Crippen molar-refractivity contribution in [2.75, 3.05) is 6.54 Å². The molecule has 0 aliphatic carbocycles. The zero-order valence-corrected chi connectivity index (χ0v) is 13.7. The molecule has 1 unspecified atom stereocenters. The third kappa shape index (κ3) is 5.92. The molecule has 1 atom stereocenters. The molecule has 1 rings (SSSR count). The van der Waals surface area contributed by atoms with E-state index in [0.29, 0.717) is 31.1 Å². The molecule has 0 amide bonds. The summed E-state index contributed by atoms with van der Waals surface area (Å²) in [6.07, 6.45) is 6.22. The maximum absolute atomic E-state index is 12.2. The summed E-state index contributed by atoms with van der Waals surface area (Å²) in [6.45, 7) is 7.45. The Kier molecular flexibility index (Phi) is 6.96. The highest BCUT2D eigenvalue weighted by Crippen LogP contribution is 2.15. The van der Waals surface area contributed by atoms with Crippen LogP contribution >= 0.6 is 0 Å². The van der Waals surface area contributed by atoms with Crippen molar-refractivity contribution in [3.05, 3.63) is 17.9 Å². The van der Waals surface area contributed by atoms with Crippen molar-refractivity contribution in [2.24, 2.45) is 5.92 Å². The van der Waals surface area contributed by atoms with Crippen LogP contribution in [0, 0.1) is 18.3 Å². The van der Waals surface area contributed by atoms with E-state index in [1.54, 1.807) is 6.07 Å². The summed E-state index contributed by atoms with van der Waals surface area (Å²) in [4.78, 5) is 0. The Balaban J connectivity index is 2.67. The molecule has 6 heteroatoms. The van der Waals surface area contributed by atoms with E-state index in [2.05, 4.69) is 29.8 Å². The highest BCUT2D eigenvalue weighted by Gasteiger charge is 2.22. The predicted octanol–water partition coefficient (Wildman–Crippen LogP) is 2.11. The quantitative estimate of drug-likeness (QED) is 0.685. The standard InChI is InChI=1S/C15H24N2O3S/c1-5-7-13(6-2)17-21(18,19)15-9-8-14(20-15)11-16-10-12(3)4/h1,8-9,12-13,16-17H,6-7,10-11H2,2-4H3. The lowest BCUT2D eigenvalue weighted by Crippen LogP contribution is -2.33. The van der Waals surface area contributed by atoms with E-state index in [1.807, 2.05) is 6.92 Å². The molecule has 0 aliphatic rings. The molecule has 0 saturated heterocycles. The van der Waals surface area contributed by atoms with Gasteiger partial charge in [-0.05, 0) is 31.0 Å². The van der Waals surface area contributed by atoms with Crippen LogP contribution in [-0.4, -0.2) is 21.0 Å². The molecule has 0 saturated carbocycles. The van der Waals surface area contributed by atoms with Gasteiger partial charge in [-0.3, -0.25) is 0 Å². The van der Waals surface area contributed by atoms with Gasteiger partial charge in [0, 0.05) is 12.5 Å². The van der Waals surface area contributed by atoms with Gasteiger partial charge in [-0.2, -0.15) is 0 Å². The Bertz CT molecular complexity index is 570. The number of furan rings is 1. The normalized spacial score (nSPS) is 13.3. The van der Waals surface area contributed by atoms with E-state index in [1.165, 1.54) is 6.07 Å². The molecule has 118 valence electrons. The molecule has 0 fully saturated rings. The summed E-state index contributed by atoms with van der Waals surface area (Å²) in [5.41, 5.74) is 0. The second kappa shape index (κ2) is 8.23. The Hall–Kier alpha value is -1.29. The number of sulfonamides is 1. The van der Waals surface area contributed by atoms with Gasteiger partial charge in [0.15, 0.2) is 0 Å². The Labute approximate surface area is 127 Å². The fraction of sp³-hybridized carbons (Fsp3) is 0.600. The minimum atomic E-state index is -3.65. The monoisotopic (exact) mass is 312 g/mol. The first-order valence-corrected chi connectivity index (χ1v) is 8.62. The molecule has 1 aromatic rings. The second-order valence-electron chi connectivity index (χ2n) is 5.38. The van der Waals surface area contributed by atoms with E-state index in [-0.39, 0.29) is 11.1 Å². The third-order valence-electron chi connectivity index (χ3n) is 2.93. The zero-order valence-electron chi connectivity index (χ0n) is 12.8. The molecule has 2 N–H and O–H groups in total. The molecule has 0 radical (unpaired) electrons. The van der Waals surface area contributed by atoms with Crippen LogP contribution in [0.5, 0.6) is 0 Å². The average Bonchev–Trinajstić information content (AvgIpc) is 2.87. The van der Waals surface area contributed by atoms with Gasteiger partial charge in [-0.1, -0.05) is 20.8 Å². The van der Waals surface area contributed by atoms with Crippen molar-refractivity contribution in [3.63, 3.8) is 0 Å². The van der Waals surface area contributed by atoms with E-state index < -0.39 is 10.0 Å². The molecule has 5 nitrogen and oxygen atoms in total. The molecule has 0 aromatic carbocycles. The summed E-state index contributed by atoms with van der Waals surface area (Å²) in [5, 5.41) is 3.13. The SMILES string of the molecule is C#CCC(CC)NS(=O)(=O)c1ccc(CNCC(C)C)o1. The lowest BCUT2D eigenvalue weighted by molar-refractivity contribution is 0.392. The Morgan fingerprint density at radius 2 is 2.10 bits per heavy atom. The number of terminal acetylenes is 1. The maximum Gasteiger partial charge on any atom is 0.274 e. The topological polar surface area (TPSA) is 71.3 Å². The lowest BCUT2D eigenvalue weighted by atomic mass is 10.2. The van der Waals surface area contributed by atoms with Gasteiger partial charge in [0.25, 0.3) is 10.0 Å².